The number of nitrogens with one attached hydrogen (secondary N) is 1. The second-order valence-electron chi connectivity index (χ2n) is 3.20. The highest BCUT2D eigenvalue weighted by atomic mass is 35.5. The van der Waals surface area contributed by atoms with E-state index in [-0.39, 0.29) is 21.4 Å². The van der Waals surface area contributed by atoms with E-state index in [0.717, 1.165) is 16.2 Å². The number of hydrogen-bond donors (Lipinski definition) is 1. The van der Waals surface area contributed by atoms with Crippen LogP contribution in [0.3, 0.4) is 0 Å². The first kappa shape index (κ1) is 12.8. The molecule has 0 aliphatic heterocycles. The van der Waals surface area contributed by atoms with Crippen LogP contribution in [-0.4, -0.2) is 16.1 Å². The molecule has 0 aliphatic rings. The number of amides is 1. The molecule has 1 amide bonds. The van der Waals surface area contributed by atoms with Crippen LogP contribution in [0.1, 0.15) is 27.6 Å². The average molecular weight is 308 g/mol. The number of carbonyl (C=O) groups is 1. The maximum Gasteiger partial charge on any atom is 0.282 e. The Morgan fingerprint density at radius 2 is 2.12 bits per heavy atom. The van der Waals surface area contributed by atoms with Gasteiger partial charge in [0.25, 0.3) is 5.91 Å². The molecule has 0 bridgehead atoms. The van der Waals surface area contributed by atoms with Crippen LogP contribution in [-0.2, 0) is 0 Å². The van der Waals surface area contributed by atoms with Crippen LogP contribution in [0.5, 0.6) is 0 Å². The molecule has 1 atom stereocenters. The van der Waals surface area contributed by atoms with E-state index in [4.69, 9.17) is 23.2 Å². The largest absolute Gasteiger partial charge is 0.343 e. The van der Waals surface area contributed by atoms with Crippen molar-refractivity contribution in [1.82, 2.24) is 15.5 Å². The number of thiophene rings is 1. The Labute approximate surface area is 116 Å². The molecule has 1 unspecified atom stereocenters. The molecule has 0 aromatic carbocycles. The summed E-state index contributed by atoms with van der Waals surface area (Å²) in [6.07, 6.45) is 0. The number of halogens is 2. The lowest BCUT2D eigenvalue weighted by atomic mass is 10.3. The van der Waals surface area contributed by atoms with Crippen LogP contribution in [0.4, 0.5) is 0 Å². The number of carbonyl (C=O) groups excluding carboxylic acids is 1. The van der Waals surface area contributed by atoms with Crippen molar-refractivity contribution in [2.75, 3.05) is 0 Å². The molecule has 2 aromatic heterocycles. The summed E-state index contributed by atoms with van der Waals surface area (Å²) in [5, 5.41) is 10.3. The predicted octanol–water partition coefficient (Wildman–Crippen LogP) is 3.40. The van der Waals surface area contributed by atoms with Crippen molar-refractivity contribution < 1.29 is 4.79 Å². The van der Waals surface area contributed by atoms with E-state index in [1.165, 1.54) is 11.3 Å². The smallest absolute Gasteiger partial charge is 0.282 e. The summed E-state index contributed by atoms with van der Waals surface area (Å²) in [6, 6.07) is 3.56. The molecular formula is C9H7Cl2N3OS2. The molecule has 2 rings (SSSR count). The van der Waals surface area contributed by atoms with Gasteiger partial charge in [-0.3, -0.25) is 4.79 Å². The molecule has 8 heteroatoms. The molecule has 0 saturated heterocycles. The van der Waals surface area contributed by atoms with Gasteiger partial charge in [-0.05, 0) is 30.7 Å². The van der Waals surface area contributed by atoms with E-state index in [0.29, 0.717) is 4.34 Å². The zero-order chi connectivity index (χ0) is 12.4. The Morgan fingerprint density at radius 3 is 2.65 bits per heavy atom. The molecule has 4 nitrogen and oxygen atoms in total. The second kappa shape index (κ2) is 5.30. The summed E-state index contributed by atoms with van der Waals surface area (Å²) in [4.78, 5) is 12.7. The van der Waals surface area contributed by atoms with Crippen molar-refractivity contribution in [3.63, 3.8) is 0 Å². The fourth-order valence-corrected chi connectivity index (χ4v) is 2.98. The van der Waals surface area contributed by atoms with Gasteiger partial charge in [-0.15, -0.1) is 21.5 Å². The minimum absolute atomic E-state index is 0.123. The Kier molecular flexibility index (Phi) is 3.98. The molecule has 2 aromatic rings. The van der Waals surface area contributed by atoms with Gasteiger partial charge in [0.05, 0.1) is 10.4 Å². The van der Waals surface area contributed by atoms with Gasteiger partial charge in [-0.1, -0.05) is 22.9 Å². The Hall–Kier alpha value is -0.690. The van der Waals surface area contributed by atoms with E-state index in [1.807, 2.05) is 13.0 Å². The highest BCUT2D eigenvalue weighted by Gasteiger charge is 2.16. The van der Waals surface area contributed by atoms with Crippen molar-refractivity contribution in [3.05, 3.63) is 30.8 Å². The van der Waals surface area contributed by atoms with Gasteiger partial charge in [0.1, 0.15) is 0 Å². The summed E-state index contributed by atoms with van der Waals surface area (Å²) in [5.74, 6) is -0.286. The van der Waals surface area contributed by atoms with E-state index in [2.05, 4.69) is 15.5 Å². The van der Waals surface area contributed by atoms with Crippen LogP contribution in [0.15, 0.2) is 12.1 Å². The van der Waals surface area contributed by atoms with E-state index >= 15 is 0 Å². The van der Waals surface area contributed by atoms with E-state index in [1.54, 1.807) is 6.07 Å². The summed E-state index contributed by atoms with van der Waals surface area (Å²) in [7, 11) is 0. The maximum atomic E-state index is 11.8. The van der Waals surface area contributed by atoms with Crippen LogP contribution in [0.2, 0.25) is 8.80 Å². The minimum atomic E-state index is -0.286. The average Bonchev–Trinajstić information content (AvgIpc) is 2.87. The number of rotatable bonds is 3. The third-order valence-electron chi connectivity index (χ3n) is 1.96. The Bertz CT molecular complexity index is 540. The summed E-state index contributed by atoms with van der Waals surface area (Å²) in [5.41, 5.74) is 0. The van der Waals surface area contributed by atoms with Crippen molar-refractivity contribution in [1.29, 1.82) is 0 Å². The van der Waals surface area contributed by atoms with Crippen molar-refractivity contribution in [2.24, 2.45) is 0 Å². The third-order valence-corrected chi connectivity index (χ3v) is 4.39. The number of nitrogens with zero attached hydrogens (tertiary/aromatic N) is 2. The molecule has 1 N–H and O–H groups in total. The fourth-order valence-electron chi connectivity index (χ4n) is 1.19. The summed E-state index contributed by atoms with van der Waals surface area (Å²) >= 11 is 13.9. The van der Waals surface area contributed by atoms with E-state index in [9.17, 15) is 4.79 Å². The first-order valence-corrected chi connectivity index (χ1v) is 7.00. The maximum absolute atomic E-state index is 11.8. The minimum Gasteiger partial charge on any atom is -0.343 e. The third kappa shape index (κ3) is 3.16. The zero-order valence-electron chi connectivity index (χ0n) is 8.61. The molecule has 2 heterocycles. The molecule has 0 radical (unpaired) electrons. The lowest BCUT2D eigenvalue weighted by molar-refractivity contribution is 0.0939. The first-order chi connectivity index (χ1) is 8.06. The molecular weight excluding hydrogens is 301 g/mol. The van der Waals surface area contributed by atoms with Crippen LogP contribution >= 0.6 is 45.9 Å². The topological polar surface area (TPSA) is 54.9 Å². The quantitative estimate of drug-likeness (QED) is 0.945. The Morgan fingerprint density at radius 1 is 1.35 bits per heavy atom. The van der Waals surface area contributed by atoms with Gasteiger partial charge < -0.3 is 5.32 Å². The highest BCUT2D eigenvalue weighted by Crippen LogP contribution is 2.27. The monoisotopic (exact) mass is 307 g/mol. The van der Waals surface area contributed by atoms with Crippen molar-refractivity contribution in [2.45, 2.75) is 13.0 Å². The summed E-state index contributed by atoms with van der Waals surface area (Å²) < 4.78 is 0.946. The van der Waals surface area contributed by atoms with Crippen molar-refractivity contribution in [3.8, 4) is 0 Å². The van der Waals surface area contributed by atoms with Gasteiger partial charge in [0.15, 0.2) is 0 Å². The number of hydrogen-bond acceptors (Lipinski definition) is 5. The SMILES string of the molecule is CC(NC(=O)c1nnc(Cl)s1)c1ccc(Cl)s1. The molecule has 0 fully saturated rings. The zero-order valence-corrected chi connectivity index (χ0v) is 11.8. The molecule has 17 heavy (non-hydrogen) atoms. The number of aromatic nitrogens is 2. The van der Waals surface area contributed by atoms with Gasteiger partial charge in [0, 0.05) is 4.88 Å². The van der Waals surface area contributed by atoms with Gasteiger partial charge in [-0.2, -0.15) is 0 Å². The highest BCUT2D eigenvalue weighted by molar-refractivity contribution is 7.17. The van der Waals surface area contributed by atoms with Crippen LogP contribution in [0.25, 0.3) is 0 Å². The second-order valence-corrected chi connectivity index (χ2v) is 6.50. The van der Waals surface area contributed by atoms with Gasteiger partial charge >= 0.3 is 0 Å². The van der Waals surface area contributed by atoms with E-state index < -0.39 is 0 Å². The predicted molar refractivity (Wildman–Crippen MR) is 70.1 cm³/mol. The van der Waals surface area contributed by atoms with Gasteiger partial charge in [-0.25, -0.2) is 0 Å². The standard InChI is InChI=1S/C9H7Cl2N3OS2/c1-4(5-2-3-6(10)16-5)12-7(15)8-13-14-9(11)17-8/h2-4H,1H3,(H,12,15). The molecule has 0 saturated carbocycles. The molecule has 90 valence electrons. The Balaban J connectivity index is 2.04. The van der Waals surface area contributed by atoms with Gasteiger partial charge in [0.2, 0.25) is 9.47 Å². The fraction of sp³-hybridized carbons (Fsp3) is 0.222. The van der Waals surface area contributed by atoms with Crippen molar-refractivity contribution >= 4 is 51.8 Å². The molecule has 0 aliphatic carbocycles. The summed E-state index contributed by atoms with van der Waals surface area (Å²) in [6.45, 7) is 1.88. The van der Waals surface area contributed by atoms with Crippen LogP contribution < -0.4 is 5.32 Å². The lowest BCUT2D eigenvalue weighted by Gasteiger charge is -2.09. The normalized spacial score (nSPS) is 12.4. The first-order valence-electron chi connectivity index (χ1n) is 4.61. The molecule has 0 spiro atoms. The van der Waals surface area contributed by atoms with Crippen LogP contribution in [0, 0.1) is 0 Å². The lowest BCUT2D eigenvalue weighted by Crippen LogP contribution is -2.25.